The maximum Gasteiger partial charge on any atom is 0.230 e. The third-order valence-electron chi connectivity index (χ3n) is 4.81. The molecule has 108 valence electrons. The van der Waals surface area contributed by atoms with Gasteiger partial charge in [-0.1, -0.05) is 30.3 Å². The van der Waals surface area contributed by atoms with Crippen LogP contribution in [0.15, 0.2) is 30.3 Å². The van der Waals surface area contributed by atoms with Crippen molar-refractivity contribution in [1.82, 2.24) is 5.32 Å². The van der Waals surface area contributed by atoms with Gasteiger partial charge in [0.25, 0.3) is 0 Å². The lowest BCUT2D eigenvalue weighted by molar-refractivity contribution is -0.130. The molecule has 1 heterocycles. The normalized spacial score (nSPS) is 32.4. The van der Waals surface area contributed by atoms with Gasteiger partial charge in [-0.15, -0.1) is 0 Å². The van der Waals surface area contributed by atoms with Gasteiger partial charge in [0.15, 0.2) is 0 Å². The van der Waals surface area contributed by atoms with Crippen LogP contribution in [0.5, 0.6) is 0 Å². The number of hydrogen-bond donors (Lipinski definition) is 2. The zero-order valence-corrected chi connectivity index (χ0v) is 12.0. The molecule has 3 N–H and O–H groups in total. The van der Waals surface area contributed by atoms with E-state index in [9.17, 15) is 4.79 Å². The number of carbonyl (C=O) groups is 1. The van der Waals surface area contributed by atoms with Crippen molar-refractivity contribution >= 4 is 5.91 Å². The minimum atomic E-state index is -0.565. The molecule has 0 radical (unpaired) electrons. The smallest absolute Gasteiger partial charge is 0.230 e. The highest BCUT2D eigenvalue weighted by Crippen LogP contribution is 2.38. The number of nitrogens with one attached hydrogen (secondary N) is 1. The predicted octanol–water partition coefficient (Wildman–Crippen LogP) is 1.20. The quantitative estimate of drug-likeness (QED) is 0.870. The number of benzene rings is 1. The van der Waals surface area contributed by atoms with Gasteiger partial charge in [-0.05, 0) is 25.8 Å². The van der Waals surface area contributed by atoms with E-state index in [0.29, 0.717) is 5.92 Å². The van der Waals surface area contributed by atoms with Gasteiger partial charge in [-0.25, -0.2) is 0 Å². The van der Waals surface area contributed by atoms with E-state index in [-0.39, 0.29) is 24.1 Å². The second-order valence-corrected chi connectivity index (χ2v) is 6.36. The van der Waals surface area contributed by atoms with Crippen molar-refractivity contribution in [2.24, 2.45) is 11.7 Å². The number of amides is 1. The standard InChI is InChI=1S/C16H22N2O2/c1-16(2,10-6-4-3-5-7-10)15(19)18-13-12(17)11-8-9-20-14(11)13/h3-7,11-14H,8-9,17H2,1-2H3,(H,18,19). The molecular formula is C16H22N2O2. The van der Waals surface area contributed by atoms with E-state index >= 15 is 0 Å². The molecule has 1 aliphatic heterocycles. The summed E-state index contributed by atoms with van der Waals surface area (Å²) < 4.78 is 5.66. The fourth-order valence-corrected chi connectivity index (χ4v) is 3.25. The Morgan fingerprint density at radius 3 is 2.75 bits per heavy atom. The third-order valence-corrected chi connectivity index (χ3v) is 4.81. The molecule has 2 aliphatic rings. The van der Waals surface area contributed by atoms with Crippen LogP contribution < -0.4 is 11.1 Å². The summed E-state index contributed by atoms with van der Waals surface area (Å²) in [6.07, 6.45) is 1.13. The Balaban J connectivity index is 1.70. The first-order valence-electron chi connectivity index (χ1n) is 7.25. The van der Waals surface area contributed by atoms with Crippen LogP contribution in [0.2, 0.25) is 0 Å². The molecule has 0 bridgehead atoms. The average molecular weight is 274 g/mol. The molecule has 0 aromatic heterocycles. The molecule has 1 aromatic carbocycles. The molecule has 1 saturated heterocycles. The Bertz CT molecular complexity index is 500. The van der Waals surface area contributed by atoms with Crippen molar-refractivity contribution in [2.45, 2.75) is 43.9 Å². The van der Waals surface area contributed by atoms with E-state index in [2.05, 4.69) is 5.32 Å². The van der Waals surface area contributed by atoms with Crippen LogP contribution in [0.3, 0.4) is 0 Å². The van der Waals surface area contributed by atoms with E-state index in [0.717, 1.165) is 18.6 Å². The minimum Gasteiger partial charge on any atom is -0.376 e. The summed E-state index contributed by atoms with van der Waals surface area (Å²) >= 11 is 0. The Morgan fingerprint density at radius 2 is 2.05 bits per heavy atom. The SMILES string of the molecule is CC(C)(C(=O)NC1C(N)C2CCOC21)c1ccccc1. The highest BCUT2D eigenvalue weighted by atomic mass is 16.5. The van der Waals surface area contributed by atoms with Crippen molar-refractivity contribution < 1.29 is 9.53 Å². The topological polar surface area (TPSA) is 64.4 Å². The molecule has 1 aromatic rings. The Morgan fingerprint density at radius 1 is 1.35 bits per heavy atom. The summed E-state index contributed by atoms with van der Waals surface area (Å²) in [6, 6.07) is 9.81. The molecule has 1 saturated carbocycles. The van der Waals surface area contributed by atoms with E-state index in [1.807, 2.05) is 44.2 Å². The second kappa shape index (κ2) is 4.86. The van der Waals surface area contributed by atoms with E-state index in [4.69, 9.17) is 10.5 Å². The van der Waals surface area contributed by atoms with Gasteiger partial charge >= 0.3 is 0 Å². The molecule has 1 aliphatic carbocycles. The predicted molar refractivity (Wildman–Crippen MR) is 77.2 cm³/mol. The van der Waals surface area contributed by atoms with Gasteiger partial charge in [0.05, 0.1) is 17.6 Å². The van der Waals surface area contributed by atoms with Gasteiger partial charge in [-0.3, -0.25) is 4.79 Å². The maximum absolute atomic E-state index is 12.6. The molecule has 20 heavy (non-hydrogen) atoms. The second-order valence-electron chi connectivity index (χ2n) is 6.36. The van der Waals surface area contributed by atoms with E-state index in [1.165, 1.54) is 0 Å². The zero-order chi connectivity index (χ0) is 14.3. The van der Waals surface area contributed by atoms with E-state index < -0.39 is 5.41 Å². The van der Waals surface area contributed by atoms with Crippen molar-refractivity contribution in [2.75, 3.05) is 6.61 Å². The molecule has 4 heteroatoms. The highest BCUT2D eigenvalue weighted by molar-refractivity contribution is 5.87. The molecular weight excluding hydrogens is 252 g/mol. The van der Waals surface area contributed by atoms with Crippen LogP contribution in [0, 0.1) is 5.92 Å². The lowest BCUT2D eigenvalue weighted by Gasteiger charge is -2.46. The summed E-state index contributed by atoms with van der Waals surface area (Å²) in [7, 11) is 0. The average Bonchev–Trinajstić information content (AvgIpc) is 2.90. The Labute approximate surface area is 119 Å². The zero-order valence-electron chi connectivity index (χ0n) is 12.0. The Hall–Kier alpha value is -1.39. The van der Waals surface area contributed by atoms with Crippen LogP contribution in [0.25, 0.3) is 0 Å². The number of ether oxygens (including phenoxy) is 1. The molecule has 4 nitrogen and oxygen atoms in total. The van der Waals surface area contributed by atoms with Crippen molar-refractivity contribution in [3.8, 4) is 0 Å². The summed E-state index contributed by atoms with van der Waals surface area (Å²) in [5.41, 5.74) is 6.59. The summed E-state index contributed by atoms with van der Waals surface area (Å²) in [5, 5.41) is 3.09. The van der Waals surface area contributed by atoms with Gasteiger partial charge in [-0.2, -0.15) is 0 Å². The number of fused-ring (bicyclic) bond motifs is 1. The highest BCUT2D eigenvalue weighted by Gasteiger charge is 2.53. The largest absolute Gasteiger partial charge is 0.376 e. The van der Waals surface area contributed by atoms with Gasteiger partial charge in [0, 0.05) is 18.6 Å². The summed E-state index contributed by atoms with van der Waals surface area (Å²) in [5.74, 6) is 0.429. The minimum absolute atomic E-state index is 0.0121. The maximum atomic E-state index is 12.6. The first-order chi connectivity index (χ1) is 9.51. The van der Waals surface area contributed by atoms with Crippen LogP contribution >= 0.6 is 0 Å². The monoisotopic (exact) mass is 274 g/mol. The molecule has 4 unspecified atom stereocenters. The molecule has 4 atom stereocenters. The van der Waals surface area contributed by atoms with Crippen molar-refractivity contribution in [3.05, 3.63) is 35.9 Å². The first-order valence-corrected chi connectivity index (χ1v) is 7.25. The fraction of sp³-hybridized carbons (Fsp3) is 0.562. The third kappa shape index (κ3) is 2.03. The number of carbonyl (C=O) groups excluding carboxylic acids is 1. The van der Waals surface area contributed by atoms with Crippen LogP contribution in [-0.2, 0) is 14.9 Å². The van der Waals surface area contributed by atoms with Crippen molar-refractivity contribution in [1.29, 1.82) is 0 Å². The van der Waals surface area contributed by atoms with Crippen LogP contribution in [-0.4, -0.2) is 30.7 Å². The first kappa shape index (κ1) is 13.6. The summed E-state index contributed by atoms with van der Waals surface area (Å²) in [6.45, 7) is 4.64. The Kier molecular flexibility index (Phi) is 3.30. The molecule has 1 amide bonds. The number of hydrogen-bond acceptors (Lipinski definition) is 3. The lowest BCUT2D eigenvalue weighted by atomic mass is 9.71. The van der Waals surface area contributed by atoms with Gasteiger partial charge in [0.2, 0.25) is 5.91 Å². The van der Waals surface area contributed by atoms with E-state index in [1.54, 1.807) is 0 Å². The number of nitrogens with two attached hydrogens (primary N) is 1. The lowest BCUT2D eigenvalue weighted by Crippen LogP contribution is -2.70. The fourth-order valence-electron chi connectivity index (χ4n) is 3.25. The van der Waals surface area contributed by atoms with Crippen LogP contribution in [0.1, 0.15) is 25.8 Å². The summed E-state index contributed by atoms with van der Waals surface area (Å²) in [4.78, 5) is 12.6. The molecule has 0 spiro atoms. The molecule has 3 rings (SSSR count). The van der Waals surface area contributed by atoms with Crippen LogP contribution in [0.4, 0.5) is 0 Å². The number of rotatable bonds is 3. The molecule has 2 fully saturated rings. The van der Waals surface area contributed by atoms with Gasteiger partial charge in [0.1, 0.15) is 0 Å². The van der Waals surface area contributed by atoms with Gasteiger partial charge < -0.3 is 15.8 Å². The van der Waals surface area contributed by atoms with Crippen molar-refractivity contribution in [3.63, 3.8) is 0 Å².